The van der Waals surface area contributed by atoms with E-state index in [2.05, 4.69) is 21.7 Å². The van der Waals surface area contributed by atoms with Gasteiger partial charge in [0.05, 0.1) is 17.7 Å². The number of ketones is 1. The van der Waals surface area contributed by atoms with Gasteiger partial charge in [0.15, 0.2) is 0 Å². The zero-order valence-corrected chi connectivity index (χ0v) is 15.7. The highest BCUT2D eigenvalue weighted by atomic mass is 19.1. The molecule has 1 aliphatic heterocycles. The normalized spacial score (nSPS) is 23.2. The van der Waals surface area contributed by atoms with Crippen molar-refractivity contribution in [1.82, 2.24) is 9.55 Å². The van der Waals surface area contributed by atoms with Crippen molar-refractivity contribution in [3.63, 3.8) is 0 Å². The lowest BCUT2D eigenvalue weighted by atomic mass is 9.75. The van der Waals surface area contributed by atoms with Gasteiger partial charge in [-0.05, 0) is 60.9 Å². The number of Topliss-reactive ketones (excluding diaryl/α,β-unsaturated/α-hetero) is 1. The molecule has 1 atom stereocenters. The van der Waals surface area contributed by atoms with Crippen molar-refractivity contribution in [3.8, 4) is 5.69 Å². The summed E-state index contributed by atoms with van der Waals surface area (Å²) in [6.45, 7) is 0. The highest BCUT2D eigenvalue weighted by Crippen LogP contribution is 2.42. The number of aromatic nitrogens is 2. The molecule has 0 spiro atoms. The third-order valence-electron chi connectivity index (χ3n) is 6.53. The zero-order valence-electron chi connectivity index (χ0n) is 15.7. The second-order valence-electron chi connectivity index (χ2n) is 8.07. The third-order valence-corrected chi connectivity index (χ3v) is 6.53. The second kappa shape index (κ2) is 7.01. The number of halogens is 1. The minimum Gasteiger partial charge on any atom is -0.302 e. The number of benzene rings is 2. The van der Waals surface area contributed by atoms with Gasteiger partial charge >= 0.3 is 0 Å². The van der Waals surface area contributed by atoms with E-state index < -0.39 is 0 Å². The first-order chi connectivity index (χ1) is 13.7. The average molecular weight is 374 g/mol. The molecule has 1 unspecified atom stereocenters. The van der Waals surface area contributed by atoms with E-state index in [1.54, 1.807) is 0 Å². The van der Waals surface area contributed by atoms with Crippen LogP contribution in [0.4, 0.5) is 4.39 Å². The maximum Gasteiger partial charge on any atom is 0.136 e. The van der Waals surface area contributed by atoms with Crippen LogP contribution in [0.5, 0.6) is 0 Å². The SMILES string of the molecule is O=C(CC1c2ccccc2-n2cncc21)C1CCC(c2ccc(F)cc2)CC1. The summed E-state index contributed by atoms with van der Waals surface area (Å²) in [6.07, 6.45) is 8.13. The Labute approximate surface area is 164 Å². The fourth-order valence-electron chi connectivity index (χ4n) is 4.99. The standard InChI is InChI=1S/C24H23FN2O/c25-19-11-9-17(10-12-19)16-5-7-18(8-6-16)24(28)13-21-20-3-1-2-4-22(20)27-15-26-14-23(21)27/h1-4,9-12,14-16,18,21H,5-8,13H2. The first kappa shape index (κ1) is 17.4. The van der Waals surface area contributed by atoms with Crippen LogP contribution in [0, 0.1) is 11.7 Å². The average Bonchev–Trinajstić information content (AvgIpc) is 3.32. The Bertz CT molecular complexity index is 999. The van der Waals surface area contributed by atoms with Crippen LogP contribution in [0.3, 0.4) is 0 Å². The topological polar surface area (TPSA) is 34.9 Å². The summed E-state index contributed by atoms with van der Waals surface area (Å²) in [4.78, 5) is 17.4. The summed E-state index contributed by atoms with van der Waals surface area (Å²) >= 11 is 0. The molecule has 5 rings (SSSR count). The zero-order chi connectivity index (χ0) is 19.1. The number of carbonyl (C=O) groups is 1. The predicted octanol–water partition coefficient (Wildman–Crippen LogP) is 5.39. The van der Waals surface area contributed by atoms with E-state index in [0.29, 0.717) is 18.1 Å². The predicted molar refractivity (Wildman–Crippen MR) is 106 cm³/mol. The maximum absolute atomic E-state index is 13.2. The number of rotatable bonds is 4. The van der Waals surface area contributed by atoms with Crippen LogP contribution in [0.15, 0.2) is 61.1 Å². The molecule has 2 aliphatic rings. The lowest BCUT2D eigenvalue weighted by Crippen LogP contribution is -2.22. The molecule has 0 amide bonds. The molecule has 1 aromatic heterocycles. The molecule has 0 saturated heterocycles. The Hall–Kier alpha value is -2.75. The summed E-state index contributed by atoms with van der Waals surface area (Å²) in [5.41, 5.74) is 4.69. The van der Waals surface area contributed by atoms with Crippen molar-refractivity contribution >= 4 is 5.78 Å². The van der Waals surface area contributed by atoms with Crippen molar-refractivity contribution < 1.29 is 9.18 Å². The van der Waals surface area contributed by atoms with E-state index in [-0.39, 0.29) is 17.7 Å². The van der Waals surface area contributed by atoms with Crippen molar-refractivity contribution in [3.05, 3.63) is 83.7 Å². The molecule has 28 heavy (non-hydrogen) atoms. The van der Waals surface area contributed by atoms with Gasteiger partial charge in [0, 0.05) is 24.5 Å². The van der Waals surface area contributed by atoms with Crippen molar-refractivity contribution in [2.45, 2.75) is 43.9 Å². The summed E-state index contributed by atoms with van der Waals surface area (Å²) in [5.74, 6) is 0.871. The number of nitrogens with zero attached hydrogens (tertiary/aromatic N) is 2. The van der Waals surface area contributed by atoms with Gasteiger partial charge in [-0.25, -0.2) is 9.37 Å². The van der Waals surface area contributed by atoms with E-state index in [4.69, 9.17) is 0 Å². The first-order valence-electron chi connectivity index (χ1n) is 10.1. The first-order valence-corrected chi connectivity index (χ1v) is 10.1. The lowest BCUT2D eigenvalue weighted by molar-refractivity contribution is -0.124. The van der Waals surface area contributed by atoms with E-state index >= 15 is 0 Å². The summed E-state index contributed by atoms with van der Waals surface area (Å²) < 4.78 is 15.3. The van der Waals surface area contributed by atoms with Gasteiger partial charge < -0.3 is 4.57 Å². The molecule has 3 aromatic rings. The Kier molecular flexibility index (Phi) is 4.34. The van der Waals surface area contributed by atoms with Crippen LogP contribution in [0.2, 0.25) is 0 Å². The molecule has 1 saturated carbocycles. The molecule has 2 heterocycles. The molecule has 0 bridgehead atoms. The fourth-order valence-corrected chi connectivity index (χ4v) is 4.99. The van der Waals surface area contributed by atoms with Gasteiger partial charge in [0.2, 0.25) is 0 Å². The number of para-hydroxylation sites is 1. The smallest absolute Gasteiger partial charge is 0.136 e. The number of hydrogen-bond acceptors (Lipinski definition) is 2. The lowest BCUT2D eigenvalue weighted by Gasteiger charge is -2.28. The number of imidazole rings is 1. The van der Waals surface area contributed by atoms with Crippen LogP contribution in [0.1, 0.15) is 60.8 Å². The van der Waals surface area contributed by atoms with Crippen LogP contribution in [-0.4, -0.2) is 15.3 Å². The van der Waals surface area contributed by atoms with Crippen molar-refractivity contribution in [2.75, 3.05) is 0 Å². The van der Waals surface area contributed by atoms with Gasteiger partial charge in [-0.2, -0.15) is 0 Å². The summed E-state index contributed by atoms with van der Waals surface area (Å²) in [5, 5.41) is 0. The van der Waals surface area contributed by atoms with Gasteiger partial charge in [-0.3, -0.25) is 4.79 Å². The van der Waals surface area contributed by atoms with Crippen molar-refractivity contribution in [1.29, 1.82) is 0 Å². The molecular weight excluding hydrogens is 351 g/mol. The van der Waals surface area contributed by atoms with Gasteiger partial charge in [0.25, 0.3) is 0 Å². The van der Waals surface area contributed by atoms with Crippen LogP contribution >= 0.6 is 0 Å². The van der Waals surface area contributed by atoms with Crippen LogP contribution in [-0.2, 0) is 4.79 Å². The van der Waals surface area contributed by atoms with Gasteiger partial charge in [0.1, 0.15) is 11.6 Å². The van der Waals surface area contributed by atoms with Gasteiger partial charge in [-0.1, -0.05) is 30.3 Å². The number of fused-ring (bicyclic) bond motifs is 3. The van der Waals surface area contributed by atoms with E-state index in [0.717, 1.165) is 37.1 Å². The molecule has 2 aromatic carbocycles. The van der Waals surface area contributed by atoms with E-state index in [9.17, 15) is 9.18 Å². The maximum atomic E-state index is 13.2. The fraction of sp³-hybridized carbons (Fsp3) is 0.333. The minimum atomic E-state index is -0.191. The highest BCUT2D eigenvalue weighted by Gasteiger charge is 2.34. The Morgan fingerprint density at radius 3 is 2.57 bits per heavy atom. The van der Waals surface area contributed by atoms with E-state index in [1.165, 1.54) is 23.3 Å². The van der Waals surface area contributed by atoms with Crippen molar-refractivity contribution in [2.24, 2.45) is 5.92 Å². The Morgan fingerprint density at radius 1 is 1.04 bits per heavy atom. The highest BCUT2D eigenvalue weighted by molar-refractivity contribution is 5.83. The monoisotopic (exact) mass is 374 g/mol. The molecule has 0 N–H and O–H groups in total. The second-order valence-corrected chi connectivity index (χ2v) is 8.07. The molecular formula is C24H23FN2O. The van der Waals surface area contributed by atoms with Crippen LogP contribution in [0.25, 0.3) is 5.69 Å². The Balaban J connectivity index is 1.27. The molecule has 4 heteroatoms. The summed E-state index contributed by atoms with van der Waals surface area (Å²) in [7, 11) is 0. The molecule has 1 fully saturated rings. The molecule has 3 nitrogen and oxygen atoms in total. The summed E-state index contributed by atoms with van der Waals surface area (Å²) in [6, 6.07) is 15.1. The number of carbonyl (C=O) groups excluding carboxylic acids is 1. The third kappa shape index (κ3) is 2.97. The quantitative estimate of drug-likeness (QED) is 0.614. The Morgan fingerprint density at radius 2 is 1.79 bits per heavy atom. The number of hydrogen-bond donors (Lipinski definition) is 0. The largest absolute Gasteiger partial charge is 0.302 e. The molecule has 142 valence electrons. The molecule has 0 radical (unpaired) electrons. The van der Waals surface area contributed by atoms with Gasteiger partial charge in [-0.15, -0.1) is 0 Å². The molecule has 1 aliphatic carbocycles. The minimum absolute atomic E-state index is 0.112. The van der Waals surface area contributed by atoms with E-state index in [1.807, 2.05) is 36.8 Å². The van der Waals surface area contributed by atoms with Crippen LogP contribution < -0.4 is 0 Å².